The maximum atomic E-state index is 13.0. The van der Waals surface area contributed by atoms with Gasteiger partial charge in [0.1, 0.15) is 0 Å². The summed E-state index contributed by atoms with van der Waals surface area (Å²) in [4.78, 5) is 17.6. The average molecular weight is 293 g/mol. The van der Waals surface area contributed by atoms with Crippen molar-refractivity contribution in [2.75, 3.05) is 26.7 Å². The van der Waals surface area contributed by atoms with Gasteiger partial charge < -0.3 is 15.5 Å². The van der Waals surface area contributed by atoms with E-state index in [-0.39, 0.29) is 5.91 Å². The number of nitrogens with zero attached hydrogens (tertiary/aromatic N) is 2. The molecule has 21 heavy (non-hydrogen) atoms. The van der Waals surface area contributed by atoms with Crippen molar-refractivity contribution < 1.29 is 4.79 Å². The number of hydrogen-bond donors (Lipinski definition) is 1. The zero-order valence-corrected chi connectivity index (χ0v) is 13.7. The molecule has 120 valence electrons. The highest BCUT2D eigenvalue weighted by Gasteiger charge is 2.43. The van der Waals surface area contributed by atoms with Crippen LogP contribution in [0.25, 0.3) is 0 Å². The molecule has 0 aromatic rings. The molecule has 4 atom stereocenters. The fraction of sp³-hybridized carbons (Fsp3) is 0.941. The van der Waals surface area contributed by atoms with E-state index in [2.05, 4.69) is 23.8 Å². The Morgan fingerprint density at radius 2 is 2.00 bits per heavy atom. The quantitative estimate of drug-likeness (QED) is 0.802. The number of piperidine rings is 2. The second-order valence-electron chi connectivity index (χ2n) is 7.85. The highest BCUT2D eigenvalue weighted by atomic mass is 16.2. The lowest BCUT2D eigenvalue weighted by Gasteiger charge is -2.48. The van der Waals surface area contributed by atoms with Crippen LogP contribution < -0.4 is 5.73 Å². The monoisotopic (exact) mass is 293 g/mol. The third kappa shape index (κ3) is 2.98. The molecule has 4 unspecified atom stereocenters. The van der Waals surface area contributed by atoms with Crippen LogP contribution in [-0.2, 0) is 4.79 Å². The Labute approximate surface area is 129 Å². The molecule has 0 spiro atoms. The lowest BCUT2D eigenvalue weighted by Crippen LogP contribution is -2.61. The van der Waals surface area contributed by atoms with Crippen molar-refractivity contribution in [3.05, 3.63) is 0 Å². The number of hydrogen-bond acceptors (Lipinski definition) is 3. The molecule has 1 amide bonds. The van der Waals surface area contributed by atoms with E-state index in [1.54, 1.807) is 0 Å². The van der Waals surface area contributed by atoms with Crippen LogP contribution in [0.2, 0.25) is 0 Å². The highest BCUT2D eigenvalue weighted by molar-refractivity contribution is 5.86. The van der Waals surface area contributed by atoms with Gasteiger partial charge in [-0.25, -0.2) is 0 Å². The van der Waals surface area contributed by atoms with Crippen LogP contribution >= 0.6 is 0 Å². The Hall–Kier alpha value is -0.610. The molecule has 2 N–H and O–H groups in total. The van der Waals surface area contributed by atoms with Gasteiger partial charge in [-0.3, -0.25) is 4.79 Å². The van der Waals surface area contributed by atoms with E-state index in [1.807, 2.05) is 0 Å². The smallest absolute Gasteiger partial charge is 0.242 e. The molecule has 1 aliphatic carbocycles. The van der Waals surface area contributed by atoms with Crippen LogP contribution in [0.1, 0.15) is 51.9 Å². The molecule has 3 rings (SSSR count). The number of fused-ring (bicyclic) bond motifs is 1. The summed E-state index contributed by atoms with van der Waals surface area (Å²) >= 11 is 0. The Morgan fingerprint density at radius 3 is 2.76 bits per heavy atom. The lowest BCUT2D eigenvalue weighted by molar-refractivity contribution is -0.142. The first-order valence-electron chi connectivity index (χ1n) is 8.78. The van der Waals surface area contributed by atoms with Crippen LogP contribution in [0.5, 0.6) is 0 Å². The van der Waals surface area contributed by atoms with E-state index in [4.69, 9.17) is 5.73 Å². The molecule has 2 heterocycles. The molecule has 4 heteroatoms. The summed E-state index contributed by atoms with van der Waals surface area (Å²) in [6.07, 6.45) is 7.74. The van der Waals surface area contributed by atoms with Crippen molar-refractivity contribution in [3.8, 4) is 0 Å². The molecule has 0 aromatic carbocycles. The minimum Gasteiger partial charge on any atom is -0.341 e. The van der Waals surface area contributed by atoms with Crippen molar-refractivity contribution in [1.29, 1.82) is 0 Å². The molecule has 0 aromatic heterocycles. The van der Waals surface area contributed by atoms with E-state index >= 15 is 0 Å². The van der Waals surface area contributed by atoms with Gasteiger partial charge in [0.15, 0.2) is 0 Å². The Kier molecular flexibility index (Phi) is 4.28. The largest absolute Gasteiger partial charge is 0.341 e. The molecular formula is C17H31N3O. The first-order valence-corrected chi connectivity index (χ1v) is 8.78. The summed E-state index contributed by atoms with van der Waals surface area (Å²) in [6.45, 7) is 5.28. The number of carbonyl (C=O) groups is 1. The molecule has 3 aliphatic rings. The first-order chi connectivity index (χ1) is 9.99. The molecule has 3 fully saturated rings. The molecule has 0 radical (unpaired) electrons. The van der Waals surface area contributed by atoms with Gasteiger partial charge >= 0.3 is 0 Å². The van der Waals surface area contributed by atoms with Crippen molar-refractivity contribution >= 4 is 5.91 Å². The van der Waals surface area contributed by atoms with E-state index in [1.165, 1.54) is 25.8 Å². The van der Waals surface area contributed by atoms with Crippen LogP contribution in [0.3, 0.4) is 0 Å². The number of nitrogens with two attached hydrogens (primary N) is 1. The second kappa shape index (κ2) is 5.88. The van der Waals surface area contributed by atoms with Crippen molar-refractivity contribution in [2.24, 2.45) is 17.6 Å². The predicted octanol–water partition coefficient (Wildman–Crippen LogP) is 1.84. The third-order valence-electron chi connectivity index (χ3n) is 6.09. The number of carbonyl (C=O) groups excluding carboxylic acids is 1. The number of rotatable bonds is 1. The van der Waals surface area contributed by atoms with Crippen LogP contribution in [0.4, 0.5) is 0 Å². The Bertz CT molecular complexity index is 399. The molecule has 2 aliphatic heterocycles. The van der Waals surface area contributed by atoms with Gasteiger partial charge in [0.05, 0.1) is 5.54 Å². The molecule has 2 saturated heterocycles. The van der Waals surface area contributed by atoms with Crippen molar-refractivity contribution in [1.82, 2.24) is 9.80 Å². The normalized spacial score (nSPS) is 41.7. The van der Waals surface area contributed by atoms with Crippen LogP contribution in [0.15, 0.2) is 0 Å². The third-order valence-corrected chi connectivity index (χ3v) is 6.09. The number of likely N-dealkylation sites (tertiary alicyclic amines) is 2. The summed E-state index contributed by atoms with van der Waals surface area (Å²) in [5.41, 5.74) is 5.94. The Balaban J connectivity index is 1.66. The standard InChI is InChI=1S/C17H31N3O/c1-13-5-3-8-17(18,11-13)16(21)20-10-7-15-14(12-20)6-4-9-19(15)2/h13-15H,3-12,18H2,1-2H3. The molecule has 1 saturated carbocycles. The predicted molar refractivity (Wildman–Crippen MR) is 84.9 cm³/mol. The summed E-state index contributed by atoms with van der Waals surface area (Å²) < 4.78 is 0. The van der Waals surface area contributed by atoms with Crippen molar-refractivity contribution in [3.63, 3.8) is 0 Å². The van der Waals surface area contributed by atoms with E-state index in [9.17, 15) is 4.79 Å². The van der Waals surface area contributed by atoms with Crippen LogP contribution in [-0.4, -0.2) is 54.0 Å². The first kappa shape index (κ1) is 15.3. The molecule has 4 nitrogen and oxygen atoms in total. The van der Waals surface area contributed by atoms with Gasteiger partial charge in [0.2, 0.25) is 5.91 Å². The fourth-order valence-corrected chi connectivity index (χ4v) is 4.94. The van der Waals surface area contributed by atoms with Gasteiger partial charge in [-0.2, -0.15) is 0 Å². The maximum Gasteiger partial charge on any atom is 0.242 e. The minimum absolute atomic E-state index is 0.237. The van der Waals surface area contributed by atoms with Gasteiger partial charge in [-0.1, -0.05) is 19.8 Å². The van der Waals surface area contributed by atoms with Gasteiger partial charge in [0.25, 0.3) is 0 Å². The van der Waals surface area contributed by atoms with E-state index < -0.39 is 5.54 Å². The second-order valence-corrected chi connectivity index (χ2v) is 7.85. The van der Waals surface area contributed by atoms with Crippen LogP contribution in [0, 0.1) is 11.8 Å². The van der Waals surface area contributed by atoms with Crippen molar-refractivity contribution in [2.45, 2.75) is 63.5 Å². The van der Waals surface area contributed by atoms with Gasteiger partial charge in [-0.05, 0) is 57.5 Å². The summed E-state index contributed by atoms with van der Waals surface area (Å²) in [7, 11) is 2.24. The zero-order valence-electron chi connectivity index (χ0n) is 13.7. The maximum absolute atomic E-state index is 13.0. The topological polar surface area (TPSA) is 49.6 Å². The molecule has 0 bridgehead atoms. The Morgan fingerprint density at radius 1 is 1.19 bits per heavy atom. The summed E-state index contributed by atoms with van der Waals surface area (Å²) in [6, 6.07) is 0.682. The van der Waals surface area contributed by atoms with Gasteiger partial charge in [-0.15, -0.1) is 0 Å². The van der Waals surface area contributed by atoms with E-state index in [0.29, 0.717) is 17.9 Å². The average Bonchev–Trinajstić information content (AvgIpc) is 2.46. The fourth-order valence-electron chi connectivity index (χ4n) is 4.94. The van der Waals surface area contributed by atoms with Gasteiger partial charge in [0, 0.05) is 19.1 Å². The highest BCUT2D eigenvalue weighted by Crippen LogP contribution is 2.35. The zero-order chi connectivity index (χ0) is 15.0. The molecular weight excluding hydrogens is 262 g/mol. The summed E-state index contributed by atoms with van der Waals surface area (Å²) in [5.74, 6) is 1.48. The van der Waals surface area contributed by atoms with E-state index in [0.717, 1.165) is 38.8 Å². The SMILES string of the molecule is CC1CCCC(N)(C(=O)N2CCC3C(CCCN3C)C2)C1. The number of amides is 1. The summed E-state index contributed by atoms with van der Waals surface area (Å²) in [5, 5.41) is 0. The minimum atomic E-state index is -0.578. The lowest BCUT2D eigenvalue weighted by atomic mass is 9.75.